The van der Waals surface area contributed by atoms with Crippen molar-refractivity contribution in [3.05, 3.63) is 109 Å². The first kappa shape index (κ1) is 30.1. The molecule has 4 rings (SSSR count). The van der Waals surface area contributed by atoms with Crippen molar-refractivity contribution >= 4 is 33.9 Å². The zero-order valence-electron chi connectivity index (χ0n) is 22.1. The zero-order valence-corrected chi connectivity index (χ0v) is 23.6. The fourth-order valence-electron chi connectivity index (χ4n) is 4.46. The maximum atomic E-state index is 12.9. The van der Waals surface area contributed by atoms with E-state index >= 15 is 0 Å². The van der Waals surface area contributed by atoms with Crippen LogP contribution in [-0.4, -0.2) is 52.4 Å². The molecule has 1 aromatic heterocycles. The fourth-order valence-corrected chi connectivity index (χ4v) is 4.74. The van der Waals surface area contributed by atoms with Crippen molar-refractivity contribution in [2.45, 2.75) is 49.8 Å². The van der Waals surface area contributed by atoms with E-state index < -0.39 is 53.7 Å². The second-order valence-electron chi connectivity index (χ2n) is 9.61. The minimum absolute atomic E-state index is 0.0471. The van der Waals surface area contributed by atoms with E-state index in [1.165, 1.54) is 21.8 Å². The molecule has 12 heteroatoms. The van der Waals surface area contributed by atoms with Gasteiger partial charge in [-0.25, -0.2) is 4.79 Å². The third-order valence-corrected chi connectivity index (χ3v) is 6.85. The summed E-state index contributed by atoms with van der Waals surface area (Å²) in [4.78, 5) is 54.1. The summed E-state index contributed by atoms with van der Waals surface area (Å²) in [7, 11) is 0. The lowest BCUT2D eigenvalue weighted by atomic mass is 10.1. The lowest BCUT2D eigenvalue weighted by Gasteiger charge is -2.21. The SMILES string of the molecule is N[C@@H](Cc1ccccc1)C(=O)OC[C@H]1O[C@@H](n2cc(/C=C/Br)c(=O)[nH]c2=O)C[C@@H]1OC(=O)[C@@H](N)Cc1ccccc1. The Morgan fingerprint density at radius 1 is 1.00 bits per heavy atom. The third kappa shape index (κ3) is 8.10. The Morgan fingerprint density at radius 2 is 1.59 bits per heavy atom. The van der Waals surface area contributed by atoms with Gasteiger partial charge in [-0.05, 0) is 35.0 Å². The molecule has 1 aliphatic rings. The lowest BCUT2D eigenvalue weighted by Crippen LogP contribution is -2.41. The van der Waals surface area contributed by atoms with Crippen molar-refractivity contribution in [2.24, 2.45) is 11.5 Å². The van der Waals surface area contributed by atoms with Gasteiger partial charge in [-0.1, -0.05) is 76.6 Å². The molecule has 0 radical (unpaired) electrons. The van der Waals surface area contributed by atoms with Crippen molar-refractivity contribution in [3.63, 3.8) is 0 Å². The van der Waals surface area contributed by atoms with Crippen LogP contribution in [0.4, 0.5) is 0 Å². The summed E-state index contributed by atoms with van der Waals surface area (Å²) in [5, 5.41) is 0. The number of aromatic nitrogens is 2. The molecular weight excluding hydrogens is 596 g/mol. The molecule has 0 spiro atoms. The molecule has 0 aliphatic carbocycles. The largest absolute Gasteiger partial charge is 0.462 e. The number of ether oxygens (including phenoxy) is 3. The van der Waals surface area contributed by atoms with E-state index in [0.29, 0.717) is 0 Å². The summed E-state index contributed by atoms with van der Waals surface area (Å²) in [5.41, 5.74) is 12.8. The maximum absolute atomic E-state index is 12.9. The summed E-state index contributed by atoms with van der Waals surface area (Å²) in [6.07, 6.45) is 0.642. The monoisotopic (exact) mass is 626 g/mol. The molecule has 3 aromatic rings. The highest BCUT2D eigenvalue weighted by Gasteiger charge is 2.41. The van der Waals surface area contributed by atoms with Gasteiger partial charge in [0.1, 0.15) is 37.1 Å². The topological polar surface area (TPSA) is 169 Å². The number of hydrogen-bond donors (Lipinski definition) is 3. The van der Waals surface area contributed by atoms with E-state index in [1.54, 1.807) is 0 Å². The Labute approximate surface area is 244 Å². The quantitative estimate of drug-likeness (QED) is 0.269. The van der Waals surface area contributed by atoms with Gasteiger partial charge in [0.15, 0.2) is 0 Å². The Kier molecular flexibility index (Phi) is 10.4. The second-order valence-corrected chi connectivity index (χ2v) is 10.1. The summed E-state index contributed by atoms with van der Waals surface area (Å²) in [5.74, 6) is -1.32. The van der Waals surface area contributed by atoms with Crippen LogP contribution in [0.25, 0.3) is 6.08 Å². The predicted octanol–water partition coefficient (Wildman–Crippen LogP) is 1.78. The molecule has 1 fully saturated rings. The number of rotatable bonds is 11. The van der Waals surface area contributed by atoms with Crippen LogP contribution in [0, 0.1) is 0 Å². The van der Waals surface area contributed by atoms with Crippen LogP contribution in [0.5, 0.6) is 0 Å². The van der Waals surface area contributed by atoms with Crippen LogP contribution in [0.1, 0.15) is 29.3 Å². The number of carbonyl (C=O) groups is 2. The zero-order chi connectivity index (χ0) is 29.4. The van der Waals surface area contributed by atoms with Crippen LogP contribution in [-0.2, 0) is 36.6 Å². The number of H-pyrrole nitrogens is 1. The van der Waals surface area contributed by atoms with Crippen LogP contribution in [0.3, 0.4) is 0 Å². The second kappa shape index (κ2) is 14.2. The molecule has 1 aliphatic heterocycles. The molecule has 2 aromatic carbocycles. The highest BCUT2D eigenvalue weighted by atomic mass is 79.9. The number of nitrogens with two attached hydrogens (primary N) is 2. The van der Waals surface area contributed by atoms with Crippen LogP contribution in [0.2, 0.25) is 0 Å². The van der Waals surface area contributed by atoms with E-state index in [9.17, 15) is 19.2 Å². The Bertz CT molecular complexity index is 1480. The third-order valence-electron chi connectivity index (χ3n) is 6.59. The van der Waals surface area contributed by atoms with Crippen molar-refractivity contribution in [3.8, 4) is 0 Å². The van der Waals surface area contributed by atoms with E-state index in [0.717, 1.165) is 11.1 Å². The van der Waals surface area contributed by atoms with Gasteiger partial charge in [0.05, 0.1) is 5.56 Å². The number of carbonyl (C=O) groups excluding carboxylic acids is 2. The van der Waals surface area contributed by atoms with E-state index in [-0.39, 0.29) is 31.4 Å². The first-order valence-corrected chi connectivity index (χ1v) is 13.9. The van der Waals surface area contributed by atoms with Gasteiger partial charge in [-0.3, -0.25) is 23.9 Å². The van der Waals surface area contributed by atoms with Gasteiger partial charge in [0.2, 0.25) is 0 Å². The molecule has 0 amide bonds. The van der Waals surface area contributed by atoms with E-state index in [1.807, 2.05) is 60.7 Å². The Morgan fingerprint density at radius 3 is 2.17 bits per heavy atom. The average molecular weight is 627 g/mol. The number of nitrogens with zero attached hydrogens (tertiary/aromatic N) is 1. The molecule has 5 atom stereocenters. The summed E-state index contributed by atoms with van der Waals surface area (Å²) in [6.45, 7) is -0.282. The number of halogens is 1. The number of benzene rings is 2. The van der Waals surface area contributed by atoms with Crippen molar-refractivity contribution < 1.29 is 23.8 Å². The number of esters is 2. The fraction of sp³-hybridized carbons (Fsp3) is 0.310. The van der Waals surface area contributed by atoms with E-state index in [2.05, 4.69) is 20.9 Å². The van der Waals surface area contributed by atoms with Crippen molar-refractivity contribution in [1.82, 2.24) is 9.55 Å². The molecule has 0 saturated carbocycles. The molecular formula is C29H31BrN4O7. The minimum Gasteiger partial charge on any atom is -0.462 e. The normalized spacial score (nSPS) is 20.0. The van der Waals surface area contributed by atoms with Crippen LogP contribution in [0.15, 0.2) is 81.4 Å². The number of aromatic amines is 1. The molecule has 0 bridgehead atoms. The van der Waals surface area contributed by atoms with Gasteiger partial charge in [0.25, 0.3) is 5.56 Å². The highest BCUT2D eigenvalue weighted by Crippen LogP contribution is 2.31. The van der Waals surface area contributed by atoms with Crippen LogP contribution < -0.4 is 22.7 Å². The molecule has 11 nitrogen and oxygen atoms in total. The first-order chi connectivity index (χ1) is 19.7. The molecule has 0 unspecified atom stereocenters. The summed E-state index contributed by atoms with van der Waals surface area (Å²) in [6, 6.07) is 16.6. The van der Waals surface area contributed by atoms with E-state index in [4.69, 9.17) is 25.7 Å². The van der Waals surface area contributed by atoms with Gasteiger partial charge < -0.3 is 25.7 Å². The smallest absolute Gasteiger partial charge is 0.330 e. The molecule has 5 N–H and O–H groups in total. The standard InChI is InChI=1S/C29H31BrN4O7/c30-12-11-20-16-34(29(38)33-26(20)35)25-15-23(41-28(37)22(32)14-19-9-5-2-6-10-19)24(40-25)17-39-27(36)21(31)13-18-7-3-1-4-8-18/h1-12,16,21-25H,13-15,17,31-32H2,(H,33,35,38)/b12-11+/t21-,22-,23-,24+,25+/m0/s1. The number of nitrogens with one attached hydrogen (secondary N) is 1. The molecule has 2 heterocycles. The van der Waals surface area contributed by atoms with Crippen molar-refractivity contribution in [1.29, 1.82) is 0 Å². The minimum atomic E-state index is -0.953. The molecule has 41 heavy (non-hydrogen) atoms. The van der Waals surface area contributed by atoms with Gasteiger partial charge in [-0.15, -0.1) is 0 Å². The number of hydrogen-bond acceptors (Lipinski definition) is 9. The van der Waals surface area contributed by atoms with Gasteiger partial charge in [0, 0.05) is 12.6 Å². The highest BCUT2D eigenvalue weighted by molar-refractivity contribution is 9.11. The van der Waals surface area contributed by atoms with Crippen molar-refractivity contribution in [2.75, 3.05) is 6.61 Å². The Hall–Kier alpha value is -3.84. The van der Waals surface area contributed by atoms with Crippen LogP contribution >= 0.6 is 15.9 Å². The summed E-state index contributed by atoms with van der Waals surface area (Å²) >= 11 is 3.12. The lowest BCUT2D eigenvalue weighted by molar-refractivity contribution is -0.160. The maximum Gasteiger partial charge on any atom is 0.330 e. The summed E-state index contributed by atoms with van der Waals surface area (Å²) < 4.78 is 18.4. The first-order valence-electron chi connectivity index (χ1n) is 13.0. The van der Waals surface area contributed by atoms with Gasteiger partial charge >= 0.3 is 17.6 Å². The van der Waals surface area contributed by atoms with Gasteiger partial charge in [-0.2, -0.15) is 0 Å². The Balaban J connectivity index is 1.48. The average Bonchev–Trinajstić information content (AvgIpc) is 3.36. The predicted molar refractivity (Wildman–Crippen MR) is 155 cm³/mol. The molecule has 216 valence electrons. The molecule has 1 saturated heterocycles.